The normalized spacial score (nSPS) is 12.1. The largest absolute Gasteiger partial charge is 0.456 e. The van der Waals surface area contributed by atoms with Crippen LogP contribution in [-0.4, -0.2) is 0 Å². The Morgan fingerprint density at radius 1 is 0.340 bits per heavy atom. The number of rotatable bonds is 22. The molecule has 0 radical (unpaired) electrons. The van der Waals surface area contributed by atoms with Gasteiger partial charge < -0.3 is 4.42 Å². The molecule has 0 saturated carbocycles. The molecule has 1 heteroatoms. The number of hydrogen-bond donors (Lipinski definition) is 0. The molecular formula is C52H64O. The highest BCUT2D eigenvalue weighted by Crippen LogP contribution is 2.43. The van der Waals surface area contributed by atoms with E-state index in [0.717, 1.165) is 24.0 Å². The SMILES string of the molecule is CCCCCCCCCCCCc1cc2oc3cc(CCCCCCCCCCCC)c4cc5ccccc5cc4c3c2c2cc3ccccc3cc12. The molecule has 0 saturated heterocycles. The molecule has 1 aromatic heterocycles. The quantitative estimate of drug-likeness (QED) is 0.0506. The van der Waals surface area contributed by atoms with Crippen LogP contribution in [0.25, 0.3) is 65.0 Å². The van der Waals surface area contributed by atoms with Gasteiger partial charge in [0, 0.05) is 10.8 Å². The van der Waals surface area contributed by atoms with Crippen molar-refractivity contribution >= 4 is 65.0 Å². The standard InChI is InChI=1S/C52H64O/c1-3-5-7-9-11-13-15-17-19-21-31-43-37-49-51(47-35-41-29-25-23-27-39(41)33-45(43)47)52-48-36-42-30-26-24-28-40(42)34-46(48)44(38-50(52)53-49)32-22-20-18-16-14-12-10-8-6-4-2/h23-30,33-38H,3-22,31-32H2,1-2H3. The number of aryl methyl sites for hydroxylation is 2. The Balaban J connectivity index is 1.19. The van der Waals surface area contributed by atoms with Crippen LogP contribution < -0.4 is 0 Å². The van der Waals surface area contributed by atoms with Gasteiger partial charge in [0.1, 0.15) is 11.2 Å². The first-order valence-electron chi connectivity index (χ1n) is 21.9. The van der Waals surface area contributed by atoms with E-state index in [1.165, 1.54) is 193 Å². The fourth-order valence-corrected chi connectivity index (χ4v) is 9.12. The van der Waals surface area contributed by atoms with Gasteiger partial charge in [-0.05, 0) is 116 Å². The molecule has 0 bridgehead atoms. The Morgan fingerprint density at radius 2 is 0.642 bits per heavy atom. The second-order valence-electron chi connectivity index (χ2n) is 16.3. The van der Waals surface area contributed by atoms with Crippen LogP contribution in [0.1, 0.15) is 153 Å². The summed E-state index contributed by atoms with van der Waals surface area (Å²) in [6.45, 7) is 4.61. The predicted molar refractivity (Wildman–Crippen MR) is 235 cm³/mol. The lowest BCUT2D eigenvalue weighted by Gasteiger charge is -2.12. The number of fused-ring (bicyclic) bond motifs is 9. The summed E-state index contributed by atoms with van der Waals surface area (Å²) < 4.78 is 6.97. The monoisotopic (exact) mass is 704 g/mol. The molecule has 278 valence electrons. The van der Waals surface area contributed by atoms with Gasteiger partial charge in [0.15, 0.2) is 0 Å². The van der Waals surface area contributed by atoms with Gasteiger partial charge in [-0.15, -0.1) is 0 Å². The van der Waals surface area contributed by atoms with Crippen LogP contribution in [0.15, 0.2) is 89.3 Å². The highest BCUT2D eigenvalue weighted by atomic mass is 16.3. The summed E-state index contributed by atoms with van der Waals surface area (Å²) in [7, 11) is 0. The second kappa shape index (κ2) is 19.0. The number of benzene rings is 6. The van der Waals surface area contributed by atoms with E-state index in [4.69, 9.17) is 4.42 Å². The fourth-order valence-electron chi connectivity index (χ4n) is 9.12. The zero-order valence-electron chi connectivity index (χ0n) is 33.0. The van der Waals surface area contributed by atoms with Crippen LogP contribution in [0.5, 0.6) is 0 Å². The van der Waals surface area contributed by atoms with Gasteiger partial charge in [0.05, 0.1) is 0 Å². The highest BCUT2D eigenvalue weighted by Gasteiger charge is 2.19. The molecule has 0 fully saturated rings. The maximum Gasteiger partial charge on any atom is 0.136 e. The van der Waals surface area contributed by atoms with E-state index in [1.807, 2.05) is 0 Å². The summed E-state index contributed by atoms with van der Waals surface area (Å²) in [4.78, 5) is 0. The zero-order chi connectivity index (χ0) is 36.2. The Hall–Kier alpha value is -3.84. The van der Waals surface area contributed by atoms with E-state index < -0.39 is 0 Å². The lowest BCUT2D eigenvalue weighted by atomic mass is 9.90. The van der Waals surface area contributed by atoms with Crippen molar-refractivity contribution < 1.29 is 4.42 Å². The molecule has 0 aliphatic carbocycles. The minimum Gasteiger partial charge on any atom is -0.456 e. The summed E-state index contributed by atoms with van der Waals surface area (Å²) in [5.74, 6) is 0. The molecule has 0 amide bonds. The first kappa shape index (κ1) is 37.5. The van der Waals surface area contributed by atoms with Crippen LogP contribution in [0.3, 0.4) is 0 Å². The van der Waals surface area contributed by atoms with Gasteiger partial charge in [-0.2, -0.15) is 0 Å². The van der Waals surface area contributed by atoms with Crippen molar-refractivity contribution in [2.45, 2.75) is 155 Å². The van der Waals surface area contributed by atoms with Crippen LogP contribution in [0.4, 0.5) is 0 Å². The van der Waals surface area contributed by atoms with E-state index in [1.54, 1.807) is 0 Å². The minimum atomic E-state index is 1.05. The molecule has 0 spiro atoms. The van der Waals surface area contributed by atoms with E-state index in [-0.39, 0.29) is 0 Å². The molecule has 0 aliphatic heterocycles. The van der Waals surface area contributed by atoms with Crippen LogP contribution in [0.2, 0.25) is 0 Å². The molecule has 1 heterocycles. The van der Waals surface area contributed by atoms with Gasteiger partial charge in [0.25, 0.3) is 0 Å². The van der Waals surface area contributed by atoms with E-state index in [2.05, 4.69) is 98.8 Å². The smallest absolute Gasteiger partial charge is 0.136 e. The summed E-state index contributed by atoms with van der Waals surface area (Å²) in [6.07, 6.45) is 29.5. The lowest BCUT2D eigenvalue weighted by molar-refractivity contribution is 0.556. The maximum absolute atomic E-state index is 6.97. The third-order valence-electron chi connectivity index (χ3n) is 12.2. The van der Waals surface area contributed by atoms with Crippen molar-refractivity contribution in [1.82, 2.24) is 0 Å². The first-order chi connectivity index (χ1) is 26.2. The molecule has 6 aromatic carbocycles. The van der Waals surface area contributed by atoms with Gasteiger partial charge in [0.2, 0.25) is 0 Å². The summed E-state index contributed by atoms with van der Waals surface area (Å²) in [5, 5.41) is 13.3. The molecule has 0 N–H and O–H groups in total. The summed E-state index contributed by atoms with van der Waals surface area (Å²) in [5.41, 5.74) is 4.99. The summed E-state index contributed by atoms with van der Waals surface area (Å²) >= 11 is 0. The van der Waals surface area contributed by atoms with E-state index >= 15 is 0 Å². The fraction of sp³-hybridized carbons (Fsp3) is 0.462. The number of unbranched alkanes of at least 4 members (excludes halogenated alkanes) is 18. The molecule has 7 aromatic rings. The zero-order valence-corrected chi connectivity index (χ0v) is 33.0. The van der Waals surface area contributed by atoms with Crippen LogP contribution in [0, 0.1) is 0 Å². The topological polar surface area (TPSA) is 13.1 Å². The molecule has 1 nitrogen and oxygen atoms in total. The molecule has 7 rings (SSSR count). The molecule has 0 atom stereocenters. The van der Waals surface area contributed by atoms with Crippen molar-refractivity contribution in [1.29, 1.82) is 0 Å². The van der Waals surface area contributed by atoms with Crippen molar-refractivity contribution in [3.05, 3.63) is 96.1 Å². The Labute approximate surface area is 319 Å². The third-order valence-corrected chi connectivity index (χ3v) is 12.2. The van der Waals surface area contributed by atoms with Crippen LogP contribution >= 0.6 is 0 Å². The first-order valence-corrected chi connectivity index (χ1v) is 21.9. The highest BCUT2D eigenvalue weighted by molar-refractivity contribution is 6.29. The average Bonchev–Trinajstić information content (AvgIpc) is 3.56. The van der Waals surface area contributed by atoms with Gasteiger partial charge in [-0.1, -0.05) is 178 Å². The van der Waals surface area contributed by atoms with Crippen molar-refractivity contribution in [3.63, 3.8) is 0 Å². The second-order valence-corrected chi connectivity index (χ2v) is 16.3. The van der Waals surface area contributed by atoms with Crippen molar-refractivity contribution in [2.75, 3.05) is 0 Å². The average molecular weight is 705 g/mol. The maximum atomic E-state index is 6.97. The number of hydrogen-bond acceptors (Lipinski definition) is 1. The minimum absolute atomic E-state index is 1.05. The third kappa shape index (κ3) is 9.11. The predicted octanol–water partition coefficient (Wildman–Crippen LogP) is 17.1. The molecule has 0 aliphatic rings. The van der Waals surface area contributed by atoms with E-state index in [9.17, 15) is 0 Å². The number of furan rings is 1. The Morgan fingerprint density at radius 3 is 0.981 bits per heavy atom. The molecule has 53 heavy (non-hydrogen) atoms. The van der Waals surface area contributed by atoms with Gasteiger partial charge >= 0.3 is 0 Å². The van der Waals surface area contributed by atoms with Crippen LogP contribution in [-0.2, 0) is 12.8 Å². The van der Waals surface area contributed by atoms with Crippen molar-refractivity contribution in [2.24, 2.45) is 0 Å². The Bertz CT molecular complexity index is 2070. The molecular weight excluding hydrogens is 641 g/mol. The van der Waals surface area contributed by atoms with Crippen molar-refractivity contribution in [3.8, 4) is 0 Å². The summed E-state index contributed by atoms with van der Waals surface area (Å²) in [6, 6.07) is 32.5. The lowest BCUT2D eigenvalue weighted by Crippen LogP contribution is -1.91. The van der Waals surface area contributed by atoms with E-state index in [0.29, 0.717) is 0 Å². The Kier molecular flexibility index (Phi) is 13.4. The molecule has 0 unspecified atom stereocenters. The van der Waals surface area contributed by atoms with Gasteiger partial charge in [-0.3, -0.25) is 0 Å². The van der Waals surface area contributed by atoms with Gasteiger partial charge in [-0.25, -0.2) is 0 Å².